The van der Waals surface area contributed by atoms with Crippen molar-refractivity contribution in [2.45, 2.75) is 24.5 Å². The van der Waals surface area contributed by atoms with Crippen LogP contribution in [0, 0.1) is 11.3 Å². The van der Waals surface area contributed by atoms with Crippen LogP contribution in [-0.2, 0) is 0 Å². The molecule has 1 fully saturated rings. The number of likely N-dealkylation sites (tertiary alicyclic amines) is 1. The van der Waals surface area contributed by atoms with Crippen molar-refractivity contribution in [1.29, 1.82) is 5.26 Å². The van der Waals surface area contributed by atoms with Crippen LogP contribution < -0.4 is 0 Å². The van der Waals surface area contributed by atoms with Crippen molar-refractivity contribution in [3.05, 3.63) is 11.1 Å². The minimum Gasteiger partial charge on any atom is -0.299 e. The Morgan fingerprint density at radius 3 is 2.60 bits per heavy atom. The van der Waals surface area contributed by atoms with Crippen molar-refractivity contribution in [2.24, 2.45) is 0 Å². The second kappa shape index (κ2) is 5.79. The molecule has 0 spiro atoms. The summed E-state index contributed by atoms with van der Waals surface area (Å²) >= 11 is 7.33. The Kier molecular flexibility index (Phi) is 4.98. The van der Waals surface area contributed by atoms with E-state index in [2.05, 4.69) is 11.0 Å². The molecule has 84 valence electrons. The second-order valence-corrected chi connectivity index (χ2v) is 5.45. The van der Waals surface area contributed by atoms with Gasteiger partial charge in [-0.2, -0.15) is 5.26 Å². The number of nitriles is 1. The molecule has 0 aromatic heterocycles. The van der Waals surface area contributed by atoms with Gasteiger partial charge in [-0.15, -0.1) is 11.8 Å². The lowest BCUT2D eigenvalue weighted by atomic mass is 9.97. The summed E-state index contributed by atoms with van der Waals surface area (Å²) < 4.78 is -0.144. The predicted molar refractivity (Wildman–Crippen MR) is 67.1 cm³/mol. The number of halogens is 1. The van der Waals surface area contributed by atoms with E-state index < -0.39 is 0 Å². The van der Waals surface area contributed by atoms with Gasteiger partial charge < -0.3 is 0 Å². The molecule has 4 heteroatoms. The molecule has 1 aliphatic heterocycles. The van der Waals surface area contributed by atoms with Gasteiger partial charge in [0.15, 0.2) is 0 Å². The van der Waals surface area contributed by atoms with Crippen LogP contribution in [0.3, 0.4) is 0 Å². The lowest BCUT2D eigenvalue weighted by molar-refractivity contribution is 0.233. The molecule has 0 aromatic rings. The normalized spacial score (nSPS) is 22.4. The Bertz CT molecular complexity index is 275. The van der Waals surface area contributed by atoms with Crippen molar-refractivity contribution < 1.29 is 0 Å². The number of piperidine rings is 1. The van der Waals surface area contributed by atoms with E-state index in [4.69, 9.17) is 16.9 Å². The molecule has 0 aromatic carbocycles. The lowest BCUT2D eigenvalue weighted by Gasteiger charge is -2.36. The van der Waals surface area contributed by atoms with Gasteiger partial charge in [-0.1, -0.05) is 11.6 Å². The topological polar surface area (TPSA) is 27.0 Å². The molecule has 0 radical (unpaired) electrons. The Labute approximate surface area is 101 Å². The van der Waals surface area contributed by atoms with E-state index in [0.717, 1.165) is 32.5 Å². The molecule has 0 amide bonds. The van der Waals surface area contributed by atoms with Gasteiger partial charge in [-0.05, 0) is 31.6 Å². The summed E-state index contributed by atoms with van der Waals surface area (Å²) in [4.78, 5) is 2.36. The van der Waals surface area contributed by atoms with Crippen LogP contribution in [0.2, 0.25) is 0 Å². The summed E-state index contributed by atoms with van der Waals surface area (Å²) in [6, 6.07) is 2.45. The largest absolute Gasteiger partial charge is 0.299 e. The van der Waals surface area contributed by atoms with Crippen LogP contribution in [0.1, 0.15) is 19.8 Å². The van der Waals surface area contributed by atoms with Crippen LogP contribution in [0.25, 0.3) is 0 Å². The highest BCUT2D eigenvalue weighted by Crippen LogP contribution is 2.33. The maximum absolute atomic E-state index is 9.13. The monoisotopic (exact) mass is 244 g/mol. The zero-order chi connectivity index (χ0) is 11.3. The van der Waals surface area contributed by atoms with Gasteiger partial charge >= 0.3 is 0 Å². The average Bonchev–Trinajstić information content (AvgIpc) is 2.30. The van der Waals surface area contributed by atoms with Gasteiger partial charge in [-0.25, -0.2) is 0 Å². The SMILES string of the molecule is CSC1(C#N)CCN(CC(C)=CCl)CC1. The quantitative estimate of drug-likeness (QED) is 0.764. The molecule has 15 heavy (non-hydrogen) atoms. The van der Waals surface area contributed by atoms with Crippen molar-refractivity contribution in [1.82, 2.24) is 4.90 Å². The Hall–Kier alpha value is -0.170. The molecule has 0 aliphatic carbocycles. The standard InChI is InChI=1S/C11H17ClN2S/c1-10(7-12)8-14-5-3-11(9-13,15-2)4-6-14/h7H,3-6,8H2,1-2H3. The summed E-state index contributed by atoms with van der Waals surface area (Å²) in [5.74, 6) is 0. The molecule has 2 nitrogen and oxygen atoms in total. The van der Waals surface area contributed by atoms with E-state index in [-0.39, 0.29) is 4.75 Å². The Morgan fingerprint density at radius 1 is 1.60 bits per heavy atom. The van der Waals surface area contributed by atoms with Crippen molar-refractivity contribution in [3.63, 3.8) is 0 Å². The fourth-order valence-electron chi connectivity index (χ4n) is 1.82. The molecule has 0 unspecified atom stereocenters. The number of hydrogen-bond donors (Lipinski definition) is 0. The molecule has 1 heterocycles. The molecule has 1 rings (SSSR count). The molecule has 0 N–H and O–H groups in total. The maximum atomic E-state index is 9.13. The molecule has 1 saturated heterocycles. The van der Waals surface area contributed by atoms with Crippen molar-refractivity contribution >= 4 is 23.4 Å². The highest BCUT2D eigenvalue weighted by molar-refractivity contribution is 8.00. The molecule has 0 atom stereocenters. The summed E-state index contributed by atoms with van der Waals surface area (Å²) in [6.45, 7) is 4.96. The first-order valence-corrected chi connectivity index (χ1v) is 6.76. The fraction of sp³-hybridized carbons (Fsp3) is 0.727. The number of nitrogens with zero attached hydrogens (tertiary/aromatic N) is 2. The first kappa shape index (κ1) is 12.9. The summed E-state index contributed by atoms with van der Waals surface area (Å²) in [7, 11) is 0. The Balaban J connectivity index is 2.46. The Morgan fingerprint density at radius 2 is 2.20 bits per heavy atom. The minimum atomic E-state index is -0.144. The van der Waals surface area contributed by atoms with Gasteiger partial charge in [0.25, 0.3) is 0 Å². The summed E-state index contributed by atoms with van der Waals surface area (Å²) in [5.41, 5.74) is 2.83. The first-order valence-electron chi connectivity index (χ1n) is 5.10. The van der Waals surface area contributed by atoms with Gasteiger partial charge in [0.2, 0.25) is 0 Å². The molecular formula is C11H17ClN2S. The van der Waals surface area contributed by atoms with Gasteiger partial charge in [0.1, 0.15) is 4.75 Å². The number of thioether (sulfide) groups is 1. The average molecular weight is 245 g/mol. The third-order valence-electron chi connectivity index (χ3n) is 2.92. The van der Waals surface area contributed by atoms with Crippen molar-refractivity contribution in [3.8, 4) is 6.07 Å². The van der Waals surface area contributed by atoms with Crippen LogP contribution in [0.4, 0.5) is 0 Å². The van der Waals surface area contributed by atoms with Crippen LogP contribution in [0.15, 0.2) is 11.1 Å². The van der Waals surface area contributed by atoms with Crippen LogP contribution in [-0.4, -0.2) is 35.5 Å². The van der Waals surface area contributed by atoms with E-state index >= 15 is 0 Å². The number of hydrogen-bond acceptors (Lipinski definition) is 3. The summed E-state index contributed by atoms with van der Waals surface area (Å²) in [5, 5.41) is 9.13. The van der Waals surface area contributed by atoms with Crippen molar-refractivity contribution in [2.75, 3.05) is 25.9 Å². The van der Waals surface area contributed by atoms with E-state index in [1.807, 2.05) is 13.2 Å². The van der Waals surface area contributed by atoms with Gasteiger partial charge in [0, 0.05) is 25.2 Å². The third-order valence-corrected chi connectivity index (χ3v) is 4.57. The highest BCUT2D eigenvalue weighted by atomic mass is 35.5. The lowest BCUT2D eigenvalue weighted by Crippen LogP contribution is -2.42. The minimum absolute atomic E-state index is 0.144. The molecule has 1 aliphatic rings. The van der Waals surface area contributed by atoms with E-state index in [9.17, 15) is 0 Å². The zero-order valence-electron chi connectivity index (χ0n) is 9.29. The first-order chi connectivity index (χ1) is 7.15. The maximum Gasteiger partial charge on any atom is 0.104 e. The van der Waals surface area contributed by atoms with Gasteiger partial charge in [0.05, 0.1) is 6.07 Å². The van der Waals surface area contributed by atoms with Gasteiger partial charge in [-0.3, -0.25) is 4.90 Å². The van der Waals surface area contributed by atoms with E-state index in [0.29, 0.717) is 0 Å². The van der Waals surface area contributed by atoms with Crippen LogP contribution in [0.5, 0.6) is 0 Å². The van der Waals surface area contributed by atoms with E-state index in [1.54, 1.807) is 17.3 Å². The van der Waals surface area contributed by atoms with E-state index in [1.165, 1.54) is 5.57 Å². The summed E-state index contributed by atoms with van der Waals surface area (Å²) in [6.07, 6.45) is 3.95. The third kappa shape index (κ3) is 3.41. The molecule has 0 bridgehead atoms. The number of rotatable bonds is 3. The smallest absolute Gasteiger partial charge is 0.104 e. The zero-order valence-corrected chi connectivity index (χ0v) is 10.9. The fourth-order valence-corrected chi connectivity index (χ4v) is 2.57. The molecule has 0 saturated carbocycles. The molecular weight excluding hydrogens is 228 g/mol. The highest BCUT2D eigenvalue weighted by Gasteiger charge is 2.33. The van der Waals surface area contributed by atoms with Crippen LogP contribution >= 0.6 is 23.4 Å². The second-order valence-electron chi connectivity index (χ2n) is 4.04. The predicted octanol–water partition coefficient (Wildman–Crippen LogP) is 2.85.